The van der Waals surface area contributed by atoms with Gasteiger partial charge in [-0.3, -0.25) is 9.62 Å². The van der Waals surface area contributed by atoms with E-state index in [-0.39, 0.29) is 17.2 Å². The number of fused-ring (bicyclic) bond motifs is 1. The van der Waals surface area contributed by atoms with Gasteiger partial charge in [-0.2, -0.15) is 0 Å². The average molecular weight is 386 g/mol. The maximum absolute atomic E-state index is 12.8. The Morgan fingerprint density at radius 2 is 1.81 bits per heavy atom. The lowest BCUT2D eigenvalue weighted by atomic mass is 10.2. The summed E-state index contributed by atoms with van der Waals surface area (Å²) in [7, 11) is -3.93. The van der Waals surface area contributed by atoms with Crippen LogP contribution in [0.4, 0.5) is 16.2 Å². The number of carbonyl (C=O) groups excluding carboxylic acids is 1. The average Bonchev–Trinajstić information content (AvgIpc) is 3.07. The molecular formula is C18H14N2O6S. The number of amides is 1. The molecule has 8 nitrogen and oxygen atoms in total. The van der Waals surface area contributed by atoms with Crippen LogP contribution in [0.25, 0.3) is 11.0 Å². The summed E-state index contributed by atoms with van der Waals surface area (Å²) in [6, 6.07) is 13.5. The van der Waals surface area contributed by atoms with Gasteiger partial charge in [-0.05, 0) is 36.4 Å². The Kier molecular flexibility index (Phi) is 4.08. The molecule has 9 heteroatoms. The monoisotopic (exact) mass is 386 g/mol. The molecule has 0 aliphatic carbocycles. The molecule has 0 bridgehead atoms. The number of ether oxygens (including phenoxy) is 1. The third kappa shape index (κ3) is 3.24. The van der Waals surface area contributed by atoms with E-state index in [0.717, 1.165) is 0 Å². The smallest absolute Gasteiger partial charge is 0.414 e. The summed E-state index contributed by atoms with van der Waals surface area (Å²) < 4.78 is 38.1. The van der Waals surface area contributed by atoms with Crippen molar-refractivity contribution in [3.63, 3.8) is 0 Å². The van der Waals surface area contributed by atoms with Crippen LogP contribution in [0.5, 0.6) is 0 Å². The first kappa shape index (κ1) is 17.1. The van der Waals surface area contributed by atoms with Gasteiger partial charge in [0.05, 0.1) is 22.8 Å². The van der Waals surface area contributed by atoms with Gasteiger partial charge < -0.3 is 9.15 Å². The van der Waals surface area contributed by atoms with Gasteiger partial charge >= 0.3 is 11.7 Å². The summed E-state index contributed by atoms with van der Waals surface area (Å²) >= 11 is 0. The number of nitrogens with one attached hydrogen (secondary N) is 1. The van der Waals surface area contributed by atoms with Gasteiger partial charge in [0.25, 0.3) is 10.0 Å². The molecule has 1 saturated heterocycles. The third-order valence-electron chi connectivity index (χ3n) is 4.10. The quantitative estimate of drug-likeness (QED) is 0.691. The van der Waals surface area contributed by atoms with Crippen molar-refractivity contribution in [1.29, 1.82) is 0 Å². The van der Waals surface area contributed by atoms with Crippen molar-refractivity contribution in [1.82, 2.24) is 0 Å². The highest BCUT2D eigenvalue weighted by Crippen LogP contribution is 2.30. The standard InChI is InChI=1S/C18H14N2O6S/c21-17-8-5-12-11-13(6-7-16(12)26-17)27(23,24)19-14-3-1-2-4-15(14)20-9-10-25-18(20)22/h1-8,11,19H,9-10H2. The van der Waals surface area contributed by atoms with Crippen molar-refractivity contribution in [2.75, 3.05) is 22.8 Å². The molecule has 1 amide bonds. The van der Waals surface area contributed by atoms with Crippen molar-refractivity contribution in [2.24, 2.45) is 0 Å². The molecule has 1 aromatic heterocycles. The minimum atomic E-state index is -3.93. The molecule has 3 aromatic rings. The molecule has 2 heterocycles. The maximum atomic E-state index is 12.8. The van der Waals surface area contributed by atoms with E-state index in [2.05, 4.69) is 4.72 Å². The molecule has 4 rings (SSSR count). The minimum absolute atomic E-state index is 0.00245. The Morgan fingerprint density at radius 3 is 2.59 bits per heavy atom. The number of anilines is 2. The van der Waals surface area contributed by atoms with Crippen LogP contribution in [0, 0.1) is 0 Å². The van der Waals surface area contributed by atoms with E-state index in [9.17, 15) is 18.0 Å². The Bertz CT molecular complexity index is 1200. The lowest BCUT2D eigenvalue weighted by Gasteiger charge is -2.18. The van der Waals surface area contributed by atoms with Crippen LogP contribution in [0.1, 0.15) is 0 Å². The van der Waals surface area contributed by atoms with E-state index in [1.54, 1.807) is 24.3 Å². The lowest BCUT2D eigenvalue weighted by Crippen LogP contribution is -2.25. The summed E-state index contributed by atoms with van der Waals surface area (Å²) in [4.78, 5) is 24.5. The molecule has 0 saturated carbocycles. The predicted octanol–water partition coefficient (Wildman–Crippen LogP) is 2.55. The van der Waals surface area contributed by atoms with Crippen LogP contribution in [0.3, 0.4) is 0 Å². The van der Waals surface area contributed by atoms with E-state index < -0.39 is 21.7 Å². The van der Waals surface area contributed by atoms with Gasteiger partial charge in [0, 0.05) is 11.5 Å². The predicted molar refractivity (Wildman–Crippen MR) is 98.4 cm³/mol. The van der Waals surface area contributed by atoms with E-state index in [0.29, 0.717) is 23.2 Å². The van der Waals surface area contributed by atoms with Gasteiger partial charge in [-0.1, -0.05) is 12.1 Å². The van der Waals surface area contributed by atoms with Crippen LogP contribution in [0.2, 0.25) is 0 Å². The van der Waals surface area contributed by atoms with Gasteiger partial charge in [-0.15, -0.1) is 0 Å². The first-order valence-corrected chi connectivity index (χ1v) is 9.52. The van der Waals surface area contributed by atoms with Crippen molar-refractivity contribution in [3.8, 4) is 0 Å². The molecular weight excluding hydrogens is 372 g/mol. The second-order valence-electron chi connectivity index (χ2n) is 5.84. The van der Waals surface area contributed by atoms with Gasteiger partial charge in [-0.25, -0.2) is 18.0 Å². The molecule has 0 radical (unpaired) electrons. The number of nitrogens with zero attached hydrogens (tertiary/aromatic N) is 1. The lowest BCUT2D eigenvalue weighted by molar-refractivity contribution is 0.181. The number of rotatable bonds is 4. The summed E-state index contributed by atoms with van der Waals surface area (Å²) in [5.74, 6) is 0. The van der Waals surface area contributed by atoms with Gasteiger partial charge in [0.1, 0.15) is 12.2 Å². The largest absolute Gasteiger partial charge is 0.447 e. The van der Waals surface area contributed by atoms with Gasteiger partial charge in [0.15, 0.2) is 0 Å². The second-order valence-corrected chi connectivity index (χ2v) is 7.53. The zero-order chi connectivity index (χ0) is 19.0. The van der Waals surface area contributed by atoms with E-state index in [4.69, 9.17) is 9.15 Å². The first-order valence-electron chi connectivity index (χ1n) is 8.04. The highest BCUT2D eigenvalue weighted by molar-refractivity contribution is 7.92. The zero-order valence-corrected chi connectivity index (χ0v) is 14.7. The fourth-order valence-corrected chi connectivity index (χ4v) is 3.94. The van der Waals surface area contributed by atoms with Crippen molar-refractivity contribution in [2.45, 2.75) is 4.90 Å². The highest BCUT2D eigenvalue weighted by atomic mass is 32.2. The SMILES string of the molecule is O=C1OCCN1c1ccccc1NS(=O)(=O)c1ccc2oc(=O)ccc2c1. The van der Waals surface area contributed by atoms with E-state index in [1.807, 2.05) is 0 Å². The van der Waals surface area contributed by atoms with Crippen molar-refractivity contribution in [3.05, 3.63) is 65.0 Å². The zero-order valence-electron chi connectivity index (χ0n) is 13.9. The molecule has 27 heavy (non-hydrogen) atoms. The number of hydrogen-bond acceptors (Lipinski definition) is 6. The molecule has 1 aliphatic heterocycles. The molecule has 1 N–H and O–H groups in total. The van der Waals surface area contributed by atoms with Gasteiger partial charge in [0.2, 0.25) is 0 Å². The molecule has 0 atom stereocenters. The fourth-order valence-electron chi connectivity index (χ4n) is 2.83. The van der Waals surface area contributed by atoms with Crippen molar-refractivity contribution < 1.29 is 22.4 Å². The summed E-state index contributed by atoms with van der Waals surface area (Å²) in [5.41, 5.74) is 0.454. The minimum Gasteiger partial charge on any atom is -0.447 e. The van der Waals surface area contributed by atoms with Crippen LogP contribution in [0.15, 0.2) is 68.7 Å². The molecule has 1 fully saturated rings. The maximum Gasteiger partial charge on any atom is 0.414 e. The number of para-hydroxylation sites is 2. The Hall–Kier alpha value is -3.33. The van der Waals surface area contributed by atoms with E-state index >= 15 is 0 Å². The Morgan fingerprint density at radius 1 is 1.00 bits per heavy atom. The number of benzene rings is 2. The molecule has 0 unspecified atom stereocenters. The number of hydrogen-bond donors (Lipinski definition) is 1. The van der Waals surface area contributed by atoms with Crippen LogP contribution >= 0.6 is 0 Å². The summed E-state index contributed by atoms with van der Waals surface area (Å²) in [6.07, 6.45) is -0.526. The summed E-state index contributed by atoms with van der Waals surface area (Å²) in [6.45, 7) is 0.586. The topological polar surface area (TPSA) is 106 Å². The molecule has 2 aromatic carbocycles. The van der Waals surface area contributed by atoms with Crippen LogP contribution in [-0.4, -0.2) is 27.7 Å². The highest BCUT2D eigenvalue weighted by Gasteiger charge is 2.27. The number of sulfonamides is 1. The number of carbonyl (C=O) groups is 1. The Balaban J connectivity index is 1.71. The molecule has 138 valence electrons. The van der Waals surface area contributed by atoms with Crippen LogP contribution in [-0.2, 0) is 14.8 Å². The second kappa shape index (κ2) is 6.44. The normalized spacial score (nSPS) is 14.4. The molecule has 1 aliphatic rings. The first-order chi connectivity index (χ1) is 12.9. The van der Waals surface area contributed by atoms with Crippen LogP contribution < -0.4 is 15.2 Å². The summed E-state index contributed by atoms with van der Waals surface area (Å²) in [5, 5.41) is 0.480. The van der Waals surface area contributed by atoms with Crippen molar-refractivity contribution >= 4 is 38.5 Å². The third-order valence-corrected chi connectivity index (χ3v) is 5.46. The fraction of sp³-hybridized carbons (Fsp3) is 0.111. The number of cyclic esters (lactones) is 1. The molecule has 0 spiro atoms. The Labute approximate surface area is 154 Å². The van der Waals surface area contributed by atoms with E-state index in [1.165, 1.54) is 35.2 Å².